The molecular formula is C12H15N3O. The number of carbonyl (C=O) groups is 1. The van der Waals surface area contributed by atoms with Crippen LogP contribution in [0.1, 0.15) is 19.0 Å². The van der Waals surface area contributed by atoms with Gasteiger partial charge in [0.15, 0.2) is 0 Å². The van der Waals surface area contributed by atoms with Crippen LogP contribution in [-0.4, -0.2) is 22.8 Å². The van der Waals surface area contributed by atoms with E-state index in [0.29, 0.717) is 13.0 Å². The van der Waals surface area contributed by atoms with Gasteiger partial charge in [-0.2, -0.15) is 5.26 Å². The zero-order chi connectivity index (χ0) is 12.0. The van der Waals surface area contributed by atoms with Crippen molar-refractivity contribution in [3.63, 3.8) is 0 Å². The lowest BCUT2D eigenvalue weighted by molar-refractivity contribution is -0.133. The minimum absolute atomic E-state index is 0.143. The van der Waals surface area contributed by atoms with Crippen LogP contribution in [0.4, 0.5) is 0 Å². The van der Waals surface area contributed by atoms with Crippen molar-refractivity contribution in [2.24, 2.45) is 5.92 Å². The normalized spacial score (nSPS) is 11.6. The molecular weight excluding hydrogens is 202 g/mol. The smallest absolute Gasteiger partial charge is 0.240 e. The fraction of sp³-hybridized carbons (Fsp3) is 0.417. The Morgan fingerprint density at radius 1 is 1.62 bits per heavy atom. The molecule has 16 heavy (non-hydrogen) atoms. The molecule has 0 aliphatic heterocycles. The fourth-order valence-corrected chi connectivity index (χ4v) is 1.40. The Labute approximate surface area is 95.5 Å². The van der Waals surface area contributed by atoms with Crippen molar-refractivity contribution in [2.75, 3.05) is 7.05 Å². The molecule has 0 N–H and O–H groups in total. The molecule has 0 bridgehead atoms. The molecule has 0 saturated carbocycles. The van der Waals surface area contributed by atoms with E-state index in [9.17, 15) is 4.79 Å². The van der Waals surface area contributed by atoms with E-state index in [0.717, 1.165) is 5.69 Å². The average Bonchev–Trinajstić information content (AvgIpc) is 2.31. The van der Waals surface area contributed by atoms with Gasteiger partial charge in [0.1, 0.15) is 5.92 Å². The lowest BCUT2D eigenvalue weighted by Crippen LogP contribution is -2.31. The fourth-order valence-electron chi connectivity index (χ4n) is 1.40. The number of pyridine rings is 1. The van der Waals surface area contributed by atoms with Gasteiger partial charge in [-0.15, -0.1) is 0 Å². The van der Waals surface area contributed by atoms with E-state index >= 15 is 0 Å². The second-order valence-electron chi connectivity index (χ2n) is 3.61. The molecule has 1 unspecified atom stereocenters. The highest BCUT2D eigenvalue weighted by Crippen LogP contribution is 2.07. The van der Waals surface area contributed by atoms with Crippen molar-refractivity contribution in [3.05, 3.63) is 30.1 Å². The van der Waals surface area contributed by atoms with Crippen LogP contribution in [0.25, 0.3) is 0 Å². The summed E-state index contributed by atoms with van der Waals surface area (Å²) in [6, 6.07) is 7.57. The summed E-state index contributed by atoms with van der Waals surface area (Å²) in [5.74, 6) is -0.690. The molecule has 0 aromatic carbocycles. The number of rotatable bonds is 4. The van der Waals surface area contributed by atoms with Gasteiger partial charge in [-0.25, -0.2) is 0 Å². The van der Waals surface area contributed by atoms with Crippen molar-refractivity contribution in [2.45, 2.75) is 19.9 Å². The van der Waals surface area contributed by atoms with Crippen molar-refractivity contribution in [1.82, 2.24) is 9.88 Å². The van der Waals surface area contributed by atoms with Crippen LogP contribution in [-0.2, 0) is 11.3 Å². The number of carbonyl (C=O) groups excluding carboxylic acids is 1. The molecule has 4 nitrogen and oxygen atoms in total. The lowest BCUT2D eigenvalue weighted by Gasteiger charge is -2.18. The summed E-state index contributed by atoms with van der Waals surface area (Å²) < 4.78 is 0. The molecule has 4 heteroatoms. The summed E-state index contributed by atoms with van der Waals surface area (Å²) in [7, 11) is 1.69. The number of aromatic nitrogens is 1. The molecule has 0 fully saturated rings. The third-order valence-electron chi connectivity index (χ3n) is 2.36. The largest absolute Gasteiger partial charge is 0.339 e. The monoisotopic (exact) mass is 217 g/mol. The topological polar surface area (TPSA) is 57.0 Å². The Morgan fingerprint density at radius 2 is 2.38 bits per heavy atom. The summed E-state index contributed by atoms with van der Waals surface area (Å²) in [5, 5.41) is 8.80. The van der Waals surface area contributed by atoms with Crippen molar-refractivity contribution in [1.29, 1.82) is 5.26 Å². The number of nitriles is 1. The maximum Gasteiger partial charge on any atom is 0.240 e. The van der Waals surface area contributed by atoms with E-state index in [1.807, 2.05) is 31.2 Å². The molecule has 1 rings (SSSR count). The van der Waals surface area contributed by atoms with Crippen molar-refractivity contribution < 1.29 is 4.79 Å². The van der Waals surface area contributed by atoms with Gasteiger partial charge in [0.25, 0.3) is 0 Å². The first kappa shape index (κ1) is 12.2. The highest BCUT2D eigenvalue weighted by molar-refractivity contribution is 5.80. The molecule has 0 aliphatic rings. The molecule has 0 spiro atoms. The summed E-state index contributed by atoms with van der Waals surface area (Å²) in [6.45, 7) is 2.28. The second-order valence-corrected chi connectivity index (χ2v) is 3.61. The predicted molar refractivity (Wildman–Crippen MR) is 60.1 cm³/mol. The van der Waals surface area contributed by atoms with E-state index < -0.39 is 5.92 Å². The van der Waals surface area contributed by atoms with Crippen LogP contribution in [0.15, 0.2) is 24.4 Å². The zero-order valence-corrected chi connectivity index (χ0v) is 9.55. The first-order chi connectivity index (χ1) is 7.69. The van der Waals surface area contributed by atoms with Crippen LogP contribution in [0.2, 0.25) is 0 Å². The Morgan fingerprint density at radius 3 is 2.88 bits per heavy atom. The van der Waals surface area contributed by atoms with Crippen LogP contribution in [0.3, 0.4) is 0 Å². The standard InChI is InChI=1S/C12H15N3O/c1-3-10(8-13)12(16)15(2)9-11-6-4-5-7-14-11/h4-7,10H,3,9H2,1-2H3. The number of hydrogen-bond acceptors (Lipinski definition) is 3. The number of hydrogen-bond donors (Lipinski definition) is 0. The summed E-state index contributed by atoms with van der Waals surface area (Å²) in [5.41, 5.74) is 0.825. The molecule has 1 aromatic rings. The molecule has 1 heterocycles. The van der Waals surface area contributed by atoms with Crippen molar-refractivity contribution in [3.8, 4) is 6.07 Å². The van der Waals surface area contributed by atoms with Gasteiger partial charge in [-0.05, 0) is 18.6 Å². The highest BCUT2D eigenvalue weighted by Gasteiger charge is 2.19. The van der Waals surface area contributed by atoms with E-state index in [1.54, 1.807) is 18.1 Å². The van der Waals surface area contributed by atoms with Crippen LogP contribution >= 0.6 is 0 Å². The third kappa shape index (κ3) is 3.06. The SMILES string of the molecule is CCC(C#N)C(=O)N(C)Cc1ccccn1. The van der Waals surface area contributed by atoms with Crippen LogP contribution in [0.5, 0.6) is 0 Å². The Bertz CT molecular complexity index is 383. The third-order valence-corrected chi connectivity index (χ3v) is 2.36. The molecule has 0 aliphatic carbocycles. The molecule has 0 saturated heterocycles. The van der Waals surface area contributed by atoms with E-state index in [-0.39, 0.29) is 5.91 Å². The molecule has 84 valence electrons. The summed E-state index contributed by atoms with van der Waals surface area (Å²) in [4.78, 5) is 17.5. The minimum Gasteiger partial charge on any atom is -0.339 e. The molecule has 1 aromatic heterocycles. The lowest BCUT2D eigenvalue weighted by atomic mass is 10.1. The van der Waals surface area contributed by atoms with E-state index in [2.05, 4.69) is 4.98 Å². The summed E-state index contributed by atoms with van der Waals surface area (Å²) in [6.07, 6.45) is 2.23. The average molecular weight is 217 g/mol. The summed E-state index contributed by atoms with van der Waals surface area (Å²) >= 11 is 0. The Hall–Kier alpha value is -1.89. The number of nitrogens with zero attached hydrogens (tertiary/aromatic N) is 3. The van der Waals surface area contributed by atoms with E-state index in [1.165, 1.54) is 0 Å². The first-order valence-corrected chi connectivity index (χ1v) is 5.23. The maximum atomic E-state index is 11.8. The van der Waals surface area contributed by atoms with Crippen molar-refractivity contribution >= 4 is 5.91 Å². The minimum atomic E-state index is -0.547. The molecule has 1 amide bonds. The highest BCUT2D eigenvalue weighted by atomic mass is 16.2. The molecule has 1 atom stereocenters. The van der Waals surface area contributed by atoms with Crippen LogP contribution in [0, 0.1) is 17.2 Å². The van der Waals surface area contributed by atoms with Gasteiger partial charge < -0.3 is 4.90 Å². The number of amides is 1. The maximum absolute atomic E-state index is 11.8. The quantitative estimate of drug-likeness (QED) is 0.769. The second kappa shape index (κ2) is 5.86. The van der Waals surface area contributed by atoms with Gasteiger partial charge in [0, 0.05) is 13.2 Å². The van der Waals surface area contributed by atoms with Gasteiger partial charge in [-0.3, -0.25) is 9.78 Å². The van der Waals surface area contributed by atoms with Gasteiger partial charge in [0.2, 0.25) is 5.91 Å². The first-order valence-electron chi connectivity index (χ1n) is 5.23. The van der Waals surface area contributed by atoms with Gasteiger partial charge in [0.05, 0.1) is 18.3 Å². The van der Waals surface area contributed by atoms with Crippen LogP contribution < -0.4 is 0 Å². The van der Waals surface area contributed by atoms with E-state index in [4.69, 9.17) is 5.26 Å². The zero-order valence-electron chi connectivity index (χ0n) is 9.55. The molecule has 0 radical (unpaired) electrons. The van der Waals surface area contributed by atoms with Gasteiger partial charge >= 0.3 is 0 Å². The predicted octanol–water partition coefficient (Wildman–Crippen LogP) is 1.59. The Balaban J connectivity index is 2.63. The Kier molecular flexibility index (Phi) is 4.46. The van der Waals surface area contributed by atoms with Gasteiger partial charge in [-0.1, -0.05) is 13.0 Å².